The van der Waals surface area contributed by atoms with Crippen molar-refractivity contribution in [3.63, 3.8) is 0 Å². The molecular formula is C14H24N2O4. The molecule has 1 aliphatic heterocycles. The molecule has 1 saturated heterocycles. The van der Waals surface area contributed by atoms with Gasteiger partial charge in [-0.25, -0.2) is 4.79 Å². The molecule has 20 heavy (non-hydrogen) atoms. The van der Waals surface area contributed by atoms with E-state index in [1.54, 1.807) is 0 Å². The van der Waals surface area contributed by atoms with Gasteiger partial charge in [-0.1, -0.05) is 19.3 Å². The number of morpholine rings is 1. The molecule has 2 N–H and O–H groups in total. The number of nitrogens with one attached hydrogen (secondary N) is 1. The number of carbonyl (C=O) groups excluding carboxylic acids is 1. The topological polar surface area (TPSA) is 78.9 Å². The van der Waals surface area contributed by atoms with E-state index in [-0.39, 0.29) is 18.5 Å². The van der Waals surface area contributed by atoms with Gasteiger partial charge in [-0.2, -0.15) is 0 Å². The van der Waals surface area contributed by atoms with Crippen LogP contribution in [0.5, 0.6) is 0 Å². The van der Waals surface area contributed by atoms with E-state index in [1.807, 2.05) is 4.90 Å². The van der Waals surface area contributed by atoms with E-state index in [1.165, 1.54) is 19.3 Å². The molecular weight excluding hydrogens is 260 g/mol. The average Bonchev–Trinajstić information content (AvgIpc) is 2.39. The van der Waals surface area contributed by atoms with Gasteiger partial charge in [-0.3, -0.25) is 4.79 Å². The van der Waals surface area contributed by atoms with E-state index < -0.39 is 5.97 Å². The normalized spacial score (nSPS) is 23.2. The number of amides is 2. The van der Waals surface area contributed by atoms with Gasteiger partial charge in [0.2, 0.25) is 0 Å². The van der Waals surface area contributed by atoms with Crippen molar-refractivity contribution in [3.05, 3.63) is 0 Å². The van der Waals surface area contributed by atoms with Crippen molar-refractivity contribution in [1.82, 2.24) is 10.2 Å². The average molecular weight is 284 g/mol. The zero-order chi connectivity index (χ0) is 14.4. The van der Waals surface area contributed by atoms with Gasteiger partial charge in [0.05, 0.1) is 19.3 Å². The minimum atomic E-state index is -0.825. The summed E-state index contributed by atoms with van der Waals surface area (Å²) < 4.78 is 5.49. The van der Waals surface area contributed by atoms with Gasteiger partial charge in [0.1, 0.15) is 0 Å². The van der Waals surface area contributed by atoms with Crippen molar-refractivity contribution in [1.29, 1.82) is 0 Å². The first kappa shape index (κ1) is 15.1. The number of rotatable bonds is 6. The van der Waals surface area contributed by atoms with Crippen molar-refractivity contribution in [3.8, 4) is 0 Å². The molecule has 6 heteroatoms. The number of carboxylic acid groups (broad SMARTS) is 1. The second kappa shape index (κ2) is 7.47. The lowest BCUT2D eigenvalue weighted by atomic mass is 9.80. The predicted octanol–water partition coefficient (Wildman–Crippen LogP) is 1.45. The van der Waals surface area contributed by atoms with Crippen molar-refractivity contribution in [2.75, 3.05) is 26.3 Å². The number of carboxylic acids is 1. The number of hydrogen-bond acceptors (Lipinski definition) is 3. The van der Waals surface area contributed by atoms with Crippen LogP contribution in [0.15, 0.2) is 0 Å². The summed E-state index contributed by atoms with van der Waals surface area (Å²) >= 11 is 0. The molecule has 1 unspecified atom stereocenters. The van der Waals surface area contributed by atoms with Crippen molar-refractivity contribution in [2.24, 2.45) is 5.92 Å². The Kier molecular flexibility index (Phi) is 5.64. The predicted molar refractivity (Wildman–Crippen MR) is 73.5 cm³/mol. The Balaban J connectivity index is 1.74. The third-order valence-corrected chi connectivity index (χ3v) is 4.16. The van der Waals surface area contributed by atoms with Gasteiger partial charge in [0, 0.05) is 19.5 Å². The van der Waals surface area contributed by atoms with Crippen LogP contribution in [0.1, 0.15) is 38.5 Å². The summed E-state index contributed by atoms with van der Waals surface area (Å²) in [4.78, 5) is 24.4. The van der Waals surface area contributed by atoms with Crippen molar-refractivity contribution in [2.45, 2.75) is 44.6 Å². The molecule has 1 atom stereocenters. The first-order valence-electron chi connectivity index (χ1n) is 7.51. The number of carbonyl (C=O) groups is 2. The summed E-state index contributed by atoms with van der Waals surface area (Å²) in [5.41, 5.74) is 0. The van der Waals surface area contributed by atoms with Crippen LogP contribution in [0.3, 0.4) is 0 Å². The summed E-state index contributed by atoms with van der Waals surface area (Å²) in [6.45, 7) is 2.25. The highest BCUT2D eigenvalue weighted by atomic mass is 16.5. The Morgan fingerprint density at radius 2 is 2.15 bits per heavy atom. The number of hydrogen-bond donors (Lipinski definition) is 2. The molecule has 0 aromatic carbocycles. The van der Waals surface area contributed by atoms with E-state index in [0.29, 0.717) is 32.7 Å². The number of urea groups is 1. The smallest absolute Gasteiger partial charge is 0.317 e. The van der Waals surface area contributed by atoms with E-state index in [4.69, 9.17) is 9.84 Å². The monoisotopic (exact) mass is 284 g/mol. The molecule has 0 spiro atoms. The highest BCUT2D eigenvalue weighted by Gasteiger charge is 2.31. The van der Waals surface area contributed by atoms with Crippen LogP contribution in [0, 0.1) is 5.92 Å². The Morgan fingerprint density at radius 3 is 2.80 bits per heavy atom. The van der Waals surface area contributed by atoms with Crippen LogP contribution in [-0.2, 0) is 9.53 Å². The number of ether oxygens (including phenoxy) is 1. The molecule has 6 nitrogen and oxygen atoms in total. The van der Waals surface area contributed by atoms with Crippen LogP contribution in [0.25, 0.3) is 0 Å². The largest absolute Gasteiger partial charge is 0.481 e. The van der Waals surface area contributed by atoms with E-state index >= 15 is 0 Å². The van der Waals surface area contributed by atoms with E-state index in [2.05, 4.69) is 5.32 Å². The minimum Gasteiger partial charge on any atom is -0.481 e. The lowest BCUT2D eigenvalue weighted by Gasteiger charge is -2.39. The van der Waals surface area contributed by atoms with Gasteiger partial charge in [0.25, 0.3) is 0 Å². The molecule has 0 radical (unpaired) electrons. The van der Waals surface area contributed by atoms with Gasteiger partial charge < -0.3 is 20.1 Å². The third-order valence-electron chi connectivity index (χ3n) is 4.16. The van der Waals surface area contributed by atoms with Crippen LogP contribution in [0.4, 0.5) is 4.79 Å². The number of nitrogens with zero attached hydrogens (tertiary/aromatic N) is 1. The van der Waals surface area contributed by atoms with Crippen LogP contribution in [-0.4, -0.2) is 54.4 Å². The SMILES string of the molecule is O=C(O)CCCNC(=O)N1CCOCC1CC1CCC1. The maximum Gasteiger partial charge on any atom is 0.317 e. The molecule has 1 heterocycles. The molecule has 2 rings (SSSR count). The first-order valence-corrected chi connectivity index (χ1v) is 7.51. The Hall–Kier alpha value is -1.30. The highest BCUT2D eigenvalue weighted by molar-refractivity contribution is 5.74. The Bertz CT molecular complexity index is 344. The van der Waals surface area contributed by atoms with Gasteiger partial charge in [-0.05, 0) is 18.8 Å². The van der Waals surface area contributed by atoms with E-state index in [0.717, 1.165) is 12.3 Å². The minimum absolute atomic E-state index is 0.0805. The van der Waals surface area contributed by atoms with Gasteiger partial charge >= 0.3 is 12.0 Å². The molecule has 114 valence electrons. The lowest BCUT2D eigenvalue weighted by molar-refractivity contribution is -0.137. The summed E-state index contributed by atoms with van der Waals surface area (Å²) in [5, 5.41) is 11.4. The standard InChI is InChI=1S/C14H24N2O4/c17-13(18)5-2-6-15-14(19)16-7-8-20-10-12(16)9-11-3-1-4-11/h11-12H,1-10H2,(H,15,19)(H,17,18). The molecule has 2 aliphatic rings. The molecule has 0 aromatic rings. The van der Waals surface area contributed by atoms with Gasteiger partial charge in [0.15, 0.2) is 0 Å². The lowest BCUT2D eigenvalue weighted by Crippen LogP contribution is -2.53. The zero-order valence-corrected chi connectivity index (χ0v) is 11.8. The Morgan fingerprint density at radius 1 is 1.35 bits per heavy atom. The quantitative estimate of drug-likeness (QED) is 0.724. The van der Waals surface area contributed by atoms with Crippen LogP contribution in [0.2, 0.25) is 0 Å². The molecule has 2 fully saturated rings. The van der Waals surface area contributed by atoms with Crippen LogP contribution >= 0.6 is 0 Å². The van der Waals surface area contributed by atoms with Gasteiger partial charge in [-0.15, -0.1) is 0 Å². The molecule has 1 aliphatic carbocycles. The maximum atomic E-state index is 12.2. The fourth-order valence-electron chi connectivity index (χ4n) is 2.77. The first-order chi connectivity index (χ1) is 9.66. The second-order valence-electron chi connectivity index (χ2n) is 5.68. The zero-order valence-electron chi connectivity index (χ0n) is 11.8. The molecule has 0 bridgehead atoms. The van der Waals surface area contributed by atoms with Crippen LogP contribution < -0.4 is 5.32 Å². The maximum absolute atomic E-state index is 12.2. The molecule has 0 aromatic heterocycles. The summed E-state index contributed by atoms with van der Waals surface area (Å²) in [5.74, 6) is -0.0857. The summed E-state index contributed by atoms with van der Waals surface area (Å²) in [7, 11) is 0. The summed E-state index contributed by atoms with van der Waals surface area (Å²) in [6.07, 6.45) is 5.44. The fraction of sp³-hybridized carbons (Fsp3) is 0.857. The second-order valence-corrected chi connectivity index (χ2v) is 5.68. The molecule has 2 amide bonds. The van der Waals surface area contributed by atoms with Crippen molar-refractivity contribution >= 4 is 12.0 Å². The third kappa shape index (κ3) is 4.37. The number of aliphatic carboxylic acids is 1. The highest BCUT2D eigenvalue weighted by Crippen LogP contribution is 2.32. The Labute approximate surface area is 119 Å². The molecule has 1 saturated carbocycles. The summed E-state index contributed by atoms with van der Waals surface area (Å²) in [6, 6.07) is 0.0940. The fourth-order valence-corrected chi connectivity index (χ4v) is 2.77. The van der Waals surface area contributed by atoms with E-state index in [9.17, 15) is 9.59 Å². The van der Waals surface area contributed by atoms with Crippen molar-refractivity contribution < 1.29 is 19.4 Å².